The van der Waals surface area contributed by atoms with Crippen molar-refractivity contribution in [2.24, 2.45) is 5.10 Å². The van der Waals surface area contributed by atoms with Gasteiger partial charge < -0.3 is 9.84 Å². The number of para-hydroxylation sites is 1. The summed E-state index contributed by atoms with van der Waals surface area (Å²) in [6.07, 6.45) is 1.36. The van der Waals surface area contributed by atoms with Crippen LogP contribution in [0, 0.1) is 0 Å². The second-order valence-corrected chi connectivity index (χ2v) is 6.52. The molecule has 4 aromatic rings. The molecule has 7 nitrogen and oxygen atoms in total. The molecule has 1 aromatic heterocycles. The van der Waals surface area contributed by atoms with Gasteiger partial charge in [0.05, 0.1) is 18.5 Å². The number of aromatic amines is 1. The van der Waals surface area contributed by atoms with Crippen LogP contribution in [0.25, 0.3) is 22.0 Å². The van der Waals surface area contributed by atoms with Crippen LogP contribution in [0.3, 0.4) is 0 Å². The van der Waals surface area contributed by atoms with Gasteiger partial charge in [0.2, 0.25) is 0 Å². The number of H-pyrrole nitrogens is 1. The van der Waals surface area contributed by atoms with Crippen LogP contribution in [0.15, 0.2) is 71.8 Å². The lowest BCUT2D eigenvalue weighted by molar-refractivity contribution is 0.0950. The van der Waals surface area contributed by atoms with E-state index in [1.165, 1.54) is 6.21 Å². The van der Waals surface area contributed by atoms with Crippen LogP contribution in [-0.4, -0.2) is 34.0 Å². The minimum atomic E-state index is -0.439. The molecule has 1 heterocycles. The summed E-state index contributed by atoms with van der Waals surface area (Å²) in [7, 11) is 0. The zero-order valence-corrected chi connectivity index (χ0v) is 16.3. The quantitative estimate of drug-likeness (QED) is 0.335. The predicted octanol–water partition coefficient (Wildman–Crippen LogP) is 4.10. The van der Waals surface area contributed by atoms with Crippen molar-refractivity contribution in [2.75, 3.05) is 6.61 Å². The van der Waals surface area contributed by atoms with Gasteiger partial charge in [0, 0.05) is 11.1 Å². The van der Waals surface area contributed by atoms with Gasteiger partial charge in [0.1, 0.15) is 5.69 Å². The van der Waals surface area contributed by atoms with Crippen LogP contribution in [0.5, 0.6) is 11.5 Å². The summed E-state index contributed by atoms with van der Waals surface area (Å²) < 4.78 is 5.34. The molecule has 0 aliphatic rings. The Hall–Kier alpha value is -4.13. The summed E-state index contributed by atoms with van der Waals surface area (Å²) in [5, 5.41) is 23.3. The number of amides is 1. The number of phenols is 1. The van der Waals surface area contributed by atoms with Gasteiger partial charge in [-0.15, -0.1) is 0 Å². The maximum atomic E-state index is 12.4. The summed E-state index contributed by atoms with van der Waals surface area (Å²) in [4.78, 5) is 12.4. The maximum absolute atomic E-state index is 12.4. The van der Waals surface area contributed by atoms with Crippen LogP contribution in [0.2, 0.25) is 0 Å². The first-order valence-electron chi connectivity index (χ1n) is 9.49. The Morgan fingerprint density at radius 3 is 2.83 bits per heavy atom. The molecule has 0 spiro atoms. The van der Waals surface area contributed by atoms with E-state index in [2.05, 4.69) is 20.7 Å². The van der Waals surface area contributed by atoms with Crippen molar-refractivity contribution in [1.29, 1.82) is 0 Å². The Kier molecular flexibility index (Phi) is 5.43. The van der Waals surface area contributed by atoms with Crippen molar-refractivity contribution in [3.8, 4) is 22.8 Å². The lowest BCUT2D eigenvalue weighted by Gasteiger charge is -2.07. The Morgan fingerprint density at radius 2 is 1.97 bits per heavy atom. The number of fused-ring (bicyclic) bond motifs is 1. The van der Waals surface area contributed by atoms with Gasteiger partial charge in [-0.25, -0.2) is 5.43 Å². The highest BCUT2D eigenvalue weighted by molar-refractivity contribution is 5.98. The van der Waals surface area contributed by atoms with Gasteiger partial charge in [-0.05, 0) is 35.9 Å². The first-order chi connectivity index (χ1) is 14.7. The Labute approximate surface area is 173 Å². The molecule has 3 N–H and O–H groups in total. The smallest absolute Gasteiger partial charge is 0.289 e. The second kappa shape index (κ2) is 8.48. The molecule has 4 rings (SSSR count). The second-order valence-electron chi connectivity index (χ2n) is 6.52. The third-order valence-corrected chi connectivity index (χ3v) is 4.59. The van der Waals surface area contributed by atoms with E-state index in [-0.39, 0.29) is 11.4 Å². The molecule has 0 aliphatic heterocycles. The molecule has 0 fully saturated rings. The molecule has 3 aromatic carbocycles. The predicted molar refractivity (Wildman–Crippen MR) is 116 cm³/mol. The minimum Gasteiger partial charge on any atom is -0.504 e. The molecule has 0 saturated carbocycles. The molecule has 0 bridgehead atoms. The molecule has 1 amide bonds. The number of phenolic OH excluding ortho intramolecular Hbond substituents is 1. The standard InChI is InChI=1S/C23H20N4O3/c1-2-30-21-12-6-9-16(22(21)28)14-24-27-23(29)20-13-19(25-26-20)18-11-5-8-15-7-3-4-10-17(15)18/h3-14,28H,2H2,1H3,(H,25,26)(H,27,29). The molecule has 0 aliphatic carbocycles. The highest BCUT2D eigenvalue weighted by Gasteiger charge is 2.12. The van der Waals surface area contributed by atoms with E-state index in [1.807, 2.05) is 49.4 Å². The molecular formula is C23H20N4O3. The molecular weight excluding hydrogens is 380 g/mol. The average molecular weight is 400 g/mol. The average Bonchev–Trinajstić information content (AvgIpc) is 3.26. The molecule has 0 saturated heterocycles. The lowest BCUT2D eigenvalue weighted by atomic mass is 10.0. The van der Waals surface area contributed by atoms with E-state index in [1.54, 1.807) is 24.3 Å². The minimum absolute atomic E-state index is 0.0304. The normalized spacial score (nSPS) is 11.1. The summed E-state index contributed by atoms with van der Waals surface area (Å²) in [5.74, 6) is -0.108. The topological polar surface area (TPSA) is 99.6 Å². The molecule has 150 valence electrons. The van der Waals surface area contributed by atoms with Crippen LogP contribution in [-0.2, 0) is 0 Å². The Balaban J connectivity index is 1.50. The van der Waals surface area contributed by atoms with Gasteiger partial charge in [-0.1, -0.05) is 48.5 Å². The van der Waals surface area contributed by atoms with Gasteiger partial charge in [-0.2, -0.15) is 10.2 Å². The summed E-state index contributed by atoms with van der Waals surface area (Å²) in [6.45, 7) is 2.26. The number of hydrogen-bond donors (Lipinski definition) is 3. The zero-order chi connectivity index (χ0) is 20.9. The number of hydrogen-bond acceptors (Lipinski definition) is 5. The van der Waals surface area contributed by atoms with E-state index in [9.17, 15) is 9.90 Å². The van der Waals surface area contributed by atoms with E-state index < -0.39 is 5.91 Å². The number of aromatic hydroxyl groups is 1. The maximum Gasteiger partial charge on any atom is 0.289 e. The highest BCUT2D eigenvalue weighted by atomic mass is 16.5. The first kappa shape index (κ1) is 19.2. The van der Waals surface area contributed by atoms with Crippen LogP contribution in [0.1, 0.15) is 23.0 Å². The summed E-state index contributed by atoms with van der Waals surface area (Å²) >= 11 is 0. The van der Waals surface area contributed by atoms with Crippen molar-refractivity contribution in [1.82, 2.24) is 15.6 Å². The monoisotopic (exact) mass is 400 g/mol. The molecule has 7 heteroatoms. The van der Waals surface area contributed by atoms with Crippen molar-refractivity contribution >= 4 is 22.9 Å². The fourth-order valence-corrected chi connectivity index (χ4v) is 3.16. The third kappa shape index (κ3) is 3.86. The van der Waals surface area contributed by atoms with E-state index >= 15 is 0 Å². The van der Waals surface area contributed by atoms with Crippen LogP contribution in [0.4, 0.5) is 0 Å². The van der Waals surface area contributed by atoms with Crippen molar-refractivity contribution < 1.29 is 14.6 Å². The third-order valence-electron chi connectivity index (χ3n) is 4.59. The number of nitrogens with one attached hydrogen (secondary N) is 2. The van der Waals surface area contributed by atoms with Gasteiger partial charge in [0.25, 0.3) is 5.91 Å². The van der Waals surface area contributed by atoms with Gasteiger partial charge in [-0.3, -0.25) is 9.89 Å². The fraction of sp³-hybridized carbons (Fsp3) is 0.0870. The number of ether oxygens (including phenoxy) is 1. The molecule has 0 atom stereocenters. The Bertz CT molecular complexity index is 1220. The van der Waals surface area contributed by atoms with Crippen LogP contribution < -0.4 is 10.2 Å². The largest absolute Gasteiger partial charge is 0.504 e. The van der Waals surface area contributed by atoms with E-state index in [4.69, 9.17) is 4.74 Å². The van der Waals surface area contributed by atoms with E-state index in [0.717, 1.165) is 16.3 Å². The van der Waals surface area contributed by atoms with Gasteiger partial charge in [0.15, 0.2) is 11.5 Å². The lowest BCUT2D eigenvalue weighted by Crippen LogP contribution is -2.18. The molecule has 0 unspecified atom stereocenters. The number of benzene rings is 3. The number of rotatable bonds is 6. The Morgan fingerprint density at radius 1 is 1.17 bits per heavy atom. The number of aromatic nitrogens is 2. The number of carbonyl (C=O) groups excluding carboxylic acids is 1. The number of nitrogens with zero attached hydrogens (tertiary/aromatic N) is 2. The summed E-state index contributed by atoms with van der Waals surface area (Å²) in [6, 6.07) is 20.7. The van der Waals surface area contributed by atoms with Gasteiger partial charge >= 0.3 is 0 Å². The highest BCUT2D eigenvalue weighted by Crippen LogP contribution is 2.29. The summed E-state index contributed by atoms with van der Waals surface area (Å²) in [5.41, 5.74) is 4.75. The zero-order valence-electron chi connectivity index (χ0n) is 16.3. The number of hydrazone groups is 1. The van der Waals surface area contributed by atoms with Crippen molar-refractivity contribution in [2.45, 2.75) is 6.92 Å². The molecule has 30 heavy (non-hydrogen) atoms. The van der Waals surface area contributed by atoms with Crippen molar-refractivity contribution in [3.63, 3.8) is 0 Å². The fourth-order valence-electron chi connectivity index (χ4n) is 3.16. The van der Waals surface area contributed by atoms with Crippen molar-refractivity contribution in [3.05, 3.63) is 78.0 Å². The first-order valence-corrected chi connectivity index (χ1v) is 9.49. The van der Waals surface area contributed by atoms with E-state index in [0.29, 0.717) is 23.6 Å². The SMILES string of the molecule is CCOc1cccc(C=NNC(=O)c2cc(-c3cccc4ccccc34)n[nH]2)c1O. The molecule has 0 radical (unpaired) electrons. The van der Waals surface area contributed by atoms with Crippen LogP contribution >= 0.6 is 0 Å². The number of carbonyl (C=O) groups is 1.